The summed E-state index contributed by atoms with van der Waals surface area (Å²) in [6, 6.07) is 0. The highest BCUT2D eigenvalue weighted by molar-refractivity contribution is 7.50. The van der Waals surface area contributed by atoms with Gasteiger partial charge in [-0.25, -0.2) is 0 Å². The molecule has 4 heteroatoms. The molecule has 10 heavy (non-hydrogen) atoms. The van der Waals surface area contributed by atoms with Gasteiger partial charge in [0.05, 0.1) is 6.10 Å². The Hall–Kier alpha value is 0.150. The van der Waals surface area contributed by atoms with Gasteiger partial charge in [0.25, 0.3) is 0 Å². The number of hydrogen-bond donors (Lipinski definition) is 0. The van der Waals surface area contributed by atoms with Gasteiger partial charge in [0.15, 0.2) is 0 Å². The second kappa shape index (κ2) is 4.12. The van der Waals surface area contributed by atoms with Gasteiger partial charge in [-0.1, -0.05) is 13.3 Å². The molecule has 0 amide bonds. The second-order valence-electron chi connectivity index (χ2n) is 2.48. The molecule has 0 saturated heterocycles. The third kappa shape index (κ3) is 6.27. The molecule has 3 nitrogen and oxygen atoms in total. The summed E-state index contributed by atoms with van der Waals surface area (Å²) in [7, 11) is -3.50. The molecule has 0 fully saturated rings. The minimum Gasteiger partial charge on any atom is -0.779 e. The number of rotatable bonds is 4. The maximum absolute atomic E-state index is 10.5. The molecule has 0 aromatic rings. The van der Waals surface area contributed by atoms with E-state index in [-0.39, 0.29) is 6.10 Å². The first-order valence-corrected chi connectivity index (χ1v) is 5.41. The van der Waals surface area contributed by atoms with Crippen molar-refractivity contribution < 1.29 is 14.0 Å². The fourth-order valence-corrected chi connectivity index (χ4v) is 1.55. The van der Waals surface area contributed by atoms with Gasteiger partial charge in [-0.15, -0.1) is 0 Å². The van der Waals surface area contributed by atoms with Crippen molar-refractivity contribution in [1.29, 1.82) is 0 Å². The minimum atomic E-state index is -3.50. The van der Waals surface area contributed by atoms with Gasteiger partial charge in [-0.3, -0.25) is 0 Å². The molecule has 0 aliphatic carbocycles. The van der Waals surface area contributed by atoms with Crippen molar-refractivity contribution in [3.8, 4) is 0 Å². The smallest absolute Gasteiger partial charge is 0.132 e. The molecule has 0 spiro atoms. The first-order chi connectivity index (χ1) is 4.45. The molecule has 62 valence electrons. The van der Waals surface area contributed by atoms with Gasteiger partial charge in [0.1, 0.15) is 7.60 Å². The van der Waals surface area contributed by atoms with Crippen molar-refractivity contribution in [1.82, 2.24) is 0 Å². The van der Waals surface area contributed by atoms with Crippen LogP contribution < -0.4 is 4.89 Å². The van der Waals surface area contributed by atoms with E-state index in [0.717, 1.165) is 19.5 Å². The van der Waals surface area contributed by atoms with Crippen LogP contribution in [-0.2, 0) is 9.09 Å². The van der Waals surface area contributed by atoms with Crippen molar-refractivity contribution in [2.75, 3.05) is 6.66 Å². The summed E-state index contributed by atoms with van der Waals surface area (Å²) >= 11 is 0. The Bertz CT molecular complexity index is 129. The predicted molar refractivity (Wildman–Crippen MR) is 39.0 cm³/mol. The zero-order valence-electron chi connectivity index (χ0n) is 6.66. The van der Waals surface area contributed by atoms with Crippen LogP contribution in [0.4, 0.5) is 0 Å². The molecular formula is C6H14O3P-. The van der Waals surface area contributed by atoms with Gasteiger partial charge >= 0.3 is 0 Å². The summed E-state index contributed by atoms with van der Waals surface area (Å²) in [6.45, 7) is 4.85. The van der Waals surface area contributed by atoms with Crippen molar-refractivity contribution in [2.24, 2.45) is 0 Å². The van der Waals surface area contributed by atoms with E-state index in [1.54, 1.807) is 6.92 Å². The summed E-state index contributed by atoms with van der Waals surface area (Å²) in [4.78, 5) is 10.5. The third-order valence-corrected chi connectivity index (χ3v) is 1.81. The van der Waals surface area contributed by atoms with E-state index in [9.17, 15) is 9.46 Å². The monoisotopic (exact) mass is 165 g/mol. The second-order valence-corrected chi connectivity index (χ2v) is 4.23. The average Bonchev–Trinajstić information content (AvgIpc) is 1.59. The van der Waals surface area contributed by atoms with Gasteiger partial charge in [-0.2, -0.15) is 0 Å². The van der Waals surface area contributed by atoms with Gasteiger partial charge < -0.3 is 14.0 Å². The van der Waals surface area contributed by atoms with E-state index in [2.05, 4.69) is 4.52 Å². The lowest BCUT2D eigenvalue weighted by Crippen LogP contribution is -2.11. The summed E-state index contributed by atoms with van der Waals surface area (Å²) in [5, 5.41) is 0. The summed E-state index contributed by atoms with van der Waals surface area (Å²) in [5.74, 6) is 0. The Morgan fingerprint density at radius 1 is 1.70 bits per heavy atom. The zero-order valence-corrected chi connectivity index (χ0v) is 7.56. The predicted octanol–water partition coefficient (Wildman–Crippen LogP) is 1.37. The zero-order chi connectivity index (χ0) is 8.20. The Kier molecular flexibility index (Phi) is 4.18. The normalized spacial score (nSPS) is 20.0. The Morgan fingerprint density at radius 2 is 2.20 bits per heavy atom. The van der Waals surface area contributed by atoms with Gasteiger partial charge in [0.2, 0.25) is 0 Å². The first-order valence-electron chi connectivity index (χ1n) is 3.42. The molecule has 0 bridgehead atoms. The van der Waals surface area contributed by atoms with E-state index in [1.165, 1.54) is 0 Å². The van der Waals surface area contributed by atoms with Crippen LogP contribution in [0.25, 0.3) is 0 Å². The Balaban J connectivity index is 3.58. The van der Waals surface area contributed by atoms with Crippen molar-refractivity contribution in [3.63, 3.8) is 0 Å². The molecule has 0 aromatic carbocycles. The van der Waals surface area contributed by atoms with E-state index < -0.39 is 7.60 Å². The van der Waals surface area contributed by atoms with Gasteiger partial charge in [-0.05, 0) is 13.3 Å². The molecule has 0 rings (SSSR count). The lowest BCUT2D eigenvalue weighted by atomic mass is 10.2. The van der Waals surface area contributed by atoms with E-state index in [1.807, 2.05) is 6.92 Å². The fourth-order valence-electron chi connectivity index (χ4n) is 0.786. The lowest BCUT2D eigenvalue weighted by molar-refractivity contribution is -0.199. The topological polar surface area (TPSA) is 49.4 Å². The molecule has 0 N–H and O–H groups in total. The molecule has 0 saturated carbocycles. The Labute approximate surface area is 61.9 Å². The lowest BCUT2D eigenvalue weighted by Gasteiger charge is -2.22. The highest BCUT2D eigenvalue weighted by Crippen LogP contribution is 2.33. The molecule has 2 atom stereocenters. The summed E-state index contributed by atoms with van der Waals surface area (Å²) in [5.41, 5.74) is 0. The molecule has 0 aliphatic heterocycles. The van der Waals surface area contributed by atoms with Crippen LogP contribution in [0.15, 0.2) is 0 Å². The number of hydrogen-bond acceptors (Lipinski definition) is 3. The largest absolute Gasteiger partial charge is 0.779 e. The van der Waals surface area contributed by atoms with Crippen LogP contribution in [0.3, 0.4) is 0 Å². The first kappa shape index (κ1) is 10.2. The van der Waals surface area contributed by atoms with Crippen LogP contribution in [0.2, 0.25) is 0 Å². The van der Waals surface area contributed by atoms with Crippen LogP contribution in [0.1, 0.15) is 26.7 Å². The SMILES string of the molecule is CCCC(C)OP(C)(=O)[O-]. The molecule has 0 heterocycles. The van der Waals surface area contributed by atoms with E-state index in [4.69, 9.17) is 0 Å². The fraction of sp³-hybridized carbons (Fsp3) is 1.00. The van der Waals surface area contributed by atoms with Crippen LogP contribution in [0.5, 0.6) is 0 Å². The van der Waals surface area contributed by atoms with E-state index >= 15 is 0 Å². The van der Waals surface area contributed by atoms with Crippen molar-refractivity contribution in [3.05, 3.63) is 0 Å². The maximum Gasteiger partial charge on any atom is 0.132 e. The maximum atomic E-state index is 10.5. The molecule has 0 aliphatic rings. The van der Waals surface area contributed by atoms with Crippen molar-refractivity contribution in [2.45, 2.75) is 32.8 Å². The molecule has 2 unspecified atom stereocenters. The minimum absolute atomic E-state index is 0.168. The van der Waals surface area contributed by atoms with Crippen LogP contribution >= 0.6 is 7.60 Å². The third-order valence-electron chi connectivity index (χ3n) is 1.07. The molecular weight excluding hydrogens is 151 g/mol. The summed E-state index contributed by atoms with van der Waals surface area (Å²) in [6.07, 6.45) is 1.57. The quantitative estimate of drug-likeness (QED) is 0.591. The highest BCUT2D eigenvalue weighted by atomic mass is 31.2. The molecule has 0 aromatic heterocycles. The highest BCUT2D eigenvalue weighted by Gasteiger charge is 2.05. The summed E-state index contributed by atoms with van der Waals surface area (Å²) < 4.78 is 15.2. The van der Waals surface area contributed by atoms with Crippen LogP contribution in [0, 0.1) is 0 Å². The van der Waals surface area contributed by atoms with E-state index in [0.29, 0.717) is 0 Å². The van der Waals surface area contributed by atoms with Crippen LogP contribution in [-0.4, -0.2) is 12.8 Å². The molecule has 0 radical (unpaired) electrons. The Morgan fingerprint density at radius 3 is 2.50 bits per heavy atom. The standard InChI is InChI=1S/C6H15O3P/c1-4-5-6(2)9-10(3,7)8/h6H,4-5H2,1-3H3,(H,7,8)/p-1. The van der Waals surface area contributed by atoms with Gasteiger partial charge in [0, 0.05) is 6.66 Å². The van der Waals surface area contributed by atoms with Crippen molar-refractivity contribution >= 4 is 7.60 Å². The average molecular weight is 165 g/mol.